The minimum Gasteiger partial charge on any atom is -0.497 e. The summed E-state index contributed by atoms with van der Waals surface area (Å²) < 4.78 is 5.30. The molecule has 3 aromatic rings. The van der Waals surface area contributed by atoms with Gasteiger partial charge in [0.15, 0.2) is 0 Å². The quantitative estimate of drug-likeness (QED) is 0.579. The Kier molecular flexibility index (Phi) is 5.89. The van der Waals surface area contributed by atoms with Gasteiger partial charge < -0.3 is 15.0 Å². The van der Waals surface area contributed by atoms with Gasteiger partial charge in [0.05, 0.1) is 24.0 Å². The Morgan fingerprint density at radius 3 is 2.75 bits per heavy atom. The number of amidine groups is 1. The van der Waals surface area contributed by atoms with E-state index in [1.54, 1.807) is 7.11 Å². The van der Waals surface area contributed by atoms with Crippen molar-refractivity contribution >= 4 is 33.5 Å². The van der Waals surface area contributed by atoms with E-state index in [0.717, 1.165) is 55.4 Å². The van der Waals surface area contributed by atoms with Gasteiger partial charge in [-0.2, -0.15) is 0 Å². The lowest BCUT2D eigenvalue weighted by molar-refractivity contribution is 0.134. The Bertz CT molecular complexity index is 1120. The monoisotopic (exact) mass is 446 g/mol. The van der Waals surface area contributed by atoms with Crippen LogP contribution in [0.4, 0.5) is 16.4 Å². The van der Waals surface area contributed by atoms with E-state index in [1.807, 2.05) is 11.3 Å². The maximum atomic E-state index is 5.30. The zero-order chi connectivity index (χ0) is 22.1. The topological polar surface area (TPSA) is 40.1 Å². The minimum atomic E-state index is 0.489. The summed E-state index contributed by atoms with van der Waals surface area (Å²) in [6.07, 6.45) is 2.18. The fraction of sp³-hybridized carbons (Fsp3) is 0.346. The van der Waals surface area contributed by atoms with Crippen LogP contribution in [-0.4, -0.2) is 55.5 Å². The average molecular weight is 447 g/mol. The third-order valence-corrected chi connectivity index (χ3v) is 7.44. The zero-order valence-corrected chi connectivity index (χ0v) is 19.8. The van der Waals surface area contributed by atoms with Crippen LogP contribution in [0, 0.1) is 6.92 Å². The molecular weight excluding hydrogens is 416 g/mol. The lowest BCUT2D eigenvalue weighted by Gasteiger charge is -2.41. The molecule has 2 aromatic carbocycles. The number of hydrogen-bond donors (Lipinski definition) is 1. The molecule has 32 heavy (non-hydrogen) atoms. The van der Waals surface area contributed by atoms with Gasteiger partial charge in [-0.1, -0.05) is 24.3 Å². The summed E-state index contributed by atoms with van der Waals surface area (Å²) in [4.78, 5) is 11.5. The second-order valence-corrected chi connectivity index (χ2v) is 9.90. The lowest BCUT2D eigenvalue weighted by Crippen LogP contribution is -2.53. The molecular formula is C26H30N4OS. The van der Waals surface area contributed by atoms with Gasteiger partial charge in [0.2, 0.25) is 0 Å². The number of aryl methyl sites for hydroxylation is 2. The first kappa shape index (κ1) is 21.0. The van der Waals surface area contributed by atoms with E-state index in [0.29, 0.717) is 6.04 Å². The number of fused-ring (bicyclic) bond motifs is 2. The number of nitrogens with zero attached hydrogens (tertiary/aromatic N) is 3. The molecule has 5 nitrogen and oxygen atoms in total. The molecule has 2 aliphatic rings. The highest BCUT2D eigenvalue weighted by Crippen LogP contribution is 2.39. The van der Waals surface area contributed by atoms with Crippen molar-refractivity contribution in [2.75, 3.05) is 39.1 Å². The fourth-order valence-corrected chi connectivity index (χ4v) is 5.48. The van der Waals surface area contributed by atoms with Gasteiger partial charge in [0, 0.05) is 30.6 Å². The molecule has 0 unspecified atom stereocenters. The molecule has 5 rings (SSSR count). The van der Waals surface area contributed by atoms with E-state index < -0.39 is 0 Å². The number of ether oxygens (including phenoxy) is 1. The third kappa shape index (κ3) is 4.25. The van der Waals surface area contributed by atoms with Crippen LogP contribution in [0.1, 0.15) is 22.4 Å². The summed E-state index contributed by atoms with van der Waals surface area (Å²) in [7, 11) is 3.97. The molecule has 0 spiro atoms. The van der Waals surface area contributed by atoms with Gasteiger partial charge in [-0.25, -0.2) is 4.99 Å². The summed E-state index contributed by atoms with van der Waals surface area (Å²) in [5, 5.41) is 4.82. The van der Waals surface area contributed by atoms with Crippen LogP contribution < -0.4 is 10.1 Å². The normalized spacial score (nSPS) is 18.3. The number of anilines is 2. The Morgan fingerprint density at radius 2 is 1.94 bits per heavy atom. The summed E-state index contributed by atoms with van der Waals surface area (Å²) in [5.41, 5.74) is 4.67. The highest BCUT2D eigenvalue weighted by molar-refractivity contribution is 7.16. The highest BCUT2D eigenvalue weighted by Gasteiger charge is 2.29. The van der Waals surface area contributed by atoms with E-state index in [4.69, 9.17) is 9.73 Å². The molecule has 1 fully saturated rings. The summed E-state index contributed by atoms with van der Waals surface area (Å²) in [5.74, 6) is 2.01. The number of aliphatic imine (C=N–C) groups is 1. The SMILES string of the molecule is COc1ccc(CC[C@H]2CN(C3=Nc4ccccc4Nc4sc(C)cc43)CCN2C)cc1. The van der Waals surface area contributed by atoms with Crippen molar-refractivity contribution in [3.8, 4) is 5.75 Å². The Balaban J connectivity index is 1.38. The van der Waals surface area contributed by atoms with Crippen molar-refractivity contribution in [3.63, 3.8) is 0 Å². The molecule has 0 bridgehead atoms. The summed E-state index contributed by atoms with van der Waals surface area (Å²) in [6.45, 7) is 5.19. The molecule has 0 aliphatic carbocycles. The molecule has 0 amide bonds. The average Bonchev–Trinajstić information content (AvgIpc) is 3.10. The number of thiophene rings is 1. The standard InChI is InChI=1S/C26H30N4OS/c1-18-16-22-25(27-23-6-4-5-7-24(23)28-26(22)32-18)30-15-14-29(2)20(17-30)11-8-19-9-12-21(31-3)13-10-19/h4-7,9-10,12-13,16,20,28H,8,11,14-15,17H2,1-3H3/t20-/m0/s1. The molecule has 166 valence electrons. The van der Waals surface area contributed by atoms with Crippen molar-refractivity contribution in [3.05, 3.63) is 70.6 Å². The fourth-order valence-electron chi connectivity index (χ4n) is 4.56. The molecule has 0 radical (unpaired) electrons. The van der Waals surface area contributed by atoms with Gasteiger partial charge in [0.25, 0.3) is 0 Å². The number of para-hydroxylation sites is 2. The molecule has 0 saturated carbocycles. The highest BCUT2D eigenvalue weighted by atomic mass is 32.1. The van der Waals surface area contributed by atoms with Crippen LogP contribution in [0.25, 0.3) is 0 Å². The second kappa shape index (κ2) is 8.96. The summed E-state index contributed by atoms with van der Waals surface area (Å²) in [6, 6.07) is 19.6. The Hall–Kier alpha value is -2.83. The largest absolute Gasteiger partial charge is 0.497 e. The van der Waals surface area contributed by atoms with Crippen LogP contribution in [0.5, 0.6) is 5.75 Å². The third-order valence-electron chi connectivity index (χ3n) is 6.48. The molecule has 3 heterocycles. The molecule has 1 saturated heterocycles. The first-order chi connectivity index (χ1) is 15.6. The van der Waals surface area contributed by atoms with Crippen LogP contribution in [-0.2, 0) is 6.42 Å². The van der Waals surface area contributed by atoms with E-state index in [9.17, 15) is 0 Å². The van der Waals surface area contributed by atoms with Crippen LogP contribution in [0.3, 0.4) is 0 Å². The van der Waals surface area contributed by atoms with Crippen LogP contribution >= 0.6 is 11.3 Å². The first-order valence-electron chi connectivity index (χ1n) is 11.2. The van der Waals surface area contributed by atoms with E-state index in [-0.39, 0.29) is 0 Å². The number of nitrogens with one attached hydrogen (secondary N) is 1. The minimum absolute atomic E-state index is 0.489. The summed E-state index contributed by atoms with van der Waals surface area (Å²) >= 11 is 1.81. The number of methoxy groups -OCH3 is 1. The lowest BCUT2D eigenvalue weighted by atomic mass is 10.0. The molecule has 6 heteroatoms. The van der Waals surface area contributed by atoms with Gasteiger partial charge in [-0.3, -0.25) is 4.90 Å². The van der Waals surface area contributed by atoms with Gasteiger partial charge >= 0.3 is 0 Å². The molecule has 1 atom stereocenters. The Labute approximate surface area is 194 Å². The van der Waals surface area contributed by atoms with Crippen molar-refractivity contribution in [2.24, 2.45) is 4.99 Å². The van der Waals surface area contributed by atoms with Crippen LogP contribution in [0.2, 0.25) is 0 Å². The number of piperazine rings is 1. The van der Waals surface area contributed by atoms with Gasteiger partial charge in [0.1, 0.15) is 16.6 Å². The molecule has 2 aliphatic heterocycles. The van der Waals surface area contributed by atoms with Crippen LogP contribution in [0.15, 0.2) is 59.6 Å². The van der Waals surface area contributed by atoms with E-state index in [1.165, 1.54) is 21.0 Å². The van der Waals surface area contributed by atoms with E-state index >= 15 is 0 Å². The van der Waals surface area contributed by atoms with Gasteiger partial charge in [-0.15, -0.1) is 11.3 Å². The van der Waals surface area contributed by atoms with E-state index in [2.05, 4.69) is 83.7 Å². The predicted octanol–water partition coefficient (Wildman–Crippen LogP) is 5.45. The maximum absolute atomic E-state index is 5.30. The van der Waals surface area contributed by atoms with Gasteiger partial charge in [-0.05, 0) is 62.7 Å². The second-order valence-electron chi connectivity index (χ2n) is 8.64. The number of likely N-dealkylation sites (N-methyl/N-ethyl adjacent to an activating group) is 1. The van der Waals surface area contributed by atoms with Crippen molar-refractivity contribution in [1.82, 2.24) is 9.80 Å². The Morgan fingerprint density at radius 1 is 1.12 bits per heavy atom. The number of benzene rings is 2. The molecule has 1 N–H and O–H groups in total. The van der Waals surface area contributed by atoms with Crippen molar-refractivity contribution < 1.29 is 4.74 Å². The zero-order valence-electron chi connectivity index (χ0n) is 19.0. The van der Waals surface area contributed by atoms with Crippen molar-refractivity contribution in [2.45, 2.75) is 25.8 Å². The number of rotatable bonds is 4. The van der Waals surface area contributed by atoms with Crippen molar-refractivity contribution in [1.29, 1.82) is 0 Å². The predicted molar refractivity (Wildman–Crippen MR) is 134 cm³/mol. The smallest absolute Gasteiger partial charge is 0.139 e. The first-order valence-corrected chi connectivity index (χ1v) is 12.1. The maximum Gasteiger partial charge on any atom is 0.139 e. The molecule has 1 aromatic heterocycles. The number of hydrogen-bond acceptors (Lipinski definition) is 6.